The fraction of sp³-hybridized carbons (Fsp3) is 1.00. The van der Waals surface area contributed by atoms with Gasteiger partial charge < -0.3 is 9.64 Å². The standard InChI is InChI=1S/C10H20FNO/c1-3-6-12-7-4-10(11,5-8-12)9-13-2/h3-9H2,1-2H3. The monoisotopic (exact) mass is 189 g/mol. The predicted molar refractivity (Wildman–Crippen MR) is 51.7 cm³/mol. The molecule has 0 atom stereocenters. The number of halogens is 1. The lowest BCUT2D eigenvalue weighted by molar-refractivity contribution is -0.00841. The molecule has 0 radical (unpaired) electrons. The average molecular weight is 189 g/mol. The van der Waals surface area contributed by atoms with Crippen LogP contribution in [0.25, 0.3) is 0 Å². The number of methoxy groups -OCH3 is 1. The molecular formula is C10H20FNO. The largest absolute Gasteiger partial charge is 0.381 e. The SMILES string of the molecule is CCCN1CCC(F)(COC)CC1. The van der Waals surface area contributed by atoms with E-state index < -0.39 is 5.67 Å². The van der Waals surface area contributed by atoms with Gasteiger partial charge in [-0.1, -0.05) is 6.92 Å². The molecule has 1 fully saturated rings. The Hall–Kier alpha value is -0.150. The van der Waals surface area contributed by atoms with Crippen LogP contribution in [-0.2, 0) is 4.74 Å². The zero-order valence-electron chi connectivity index (χ0n) is 8.68. The Morgan fingerprint density at radius 2 is 2.00 bits per heavy atom. The fourth-order valence-corrected chi connectivity index (χ4v) is 1.90. The van der Waals surface area contributed by atoms with Crippen LogP contribution in [0.3, 0.4) is 0 Å². The topological polar surface area (TPSA) is 12.5 Å². The number of hydrogen-bond donors (Lipinski definition) is 0. The Kier molecular flexibility index (Phi) is 4.13. The van der Waals surface area contributed by atoms with Crippen LogP contribution in [0.4, 0.5) is 4.39 Å². The average Bonchev–Trinajstić information content (AvgIpc) is 2.10. The molecule has 0 saturated carbocycles. The van der Waals surface area contributed by atoms with Crippen molar-refractivity contribution in [2.75, 3.05) is 33.4 Å². The van der Waals surface area contributed by atoms with Crippen molar-refractivity contribution in [1.29, 1.82) is 0 Å². The quantitative estimate of drug-likeness (QED) is 0.669. The van der Waals surface area contributed by atoms with Gasteiger partial charge >= 0.3 is 0 Å². The van der Waals surface area contributed by atoms with Crippen LogP contribution >= 0.6 is 0 Å². The minimum atomic E-state index is -1.06. The van der Waals surface area contributed by atoms with Crippen molar-refractivity contribution in [3.05, 3.63) is 0 Å². The normalized spacial score (nSPS) is 23.3. The Morgan fingerprint density at radius 1 is 1.38 bits per heavy atom. The second-order valence-electron chi connectivity index (χ2n) is 3.93. The molecule has 13 heavy (non-hydrogen) atoms. The molecule has 2 nitrogen and oxygen atoms in total. The molecule has 0 aromatic heterocycles. The lowest BCUT2D eigenvalue weighted by Crippen LogP contribution is -2.44. The summed E-state index contributed by atoms with van der Waals surface area (Å²) in [6.07, 6.45) is 2.41. The maximum atomic E-state index is 13.8. The summed E-state index contributed by atoms with van der Waals surface area (Å²) in [6.45, 7) is 5.28. The molecule has 1 rings (SSSR count). The maximum Gasteiger partial charge on any atom is 0.136 e. The minimum absolute atomic E-state index is 0.257. The number of rotatable bonds is 4. The molecule has 1 saturated heterocycles. The van der Waals surface area contributed by atoms with E-state index in [0.717, 1.165) is 26.1 Å². The molecule has 78 valence electrons. The Balaban J connectivity index is 2.28. The molecular weight excluding hydrogens is 169 g/mol. The molecule has 0 spiro atoms. The molecule has 0 amide bonds. The van der Waals surface area contributed by atoms with Crippen molar-refractivity contribution < 1.29 is 9.13 Å². The van der Waals surface area contributed by atoms with E-state index in [4.69, 9.17) is 4.74 Å². The van der Waals surface area contributed by atoms with E-state index in [1.54, 1.807) is 7.11 Å². The highest BCUT2D eigenvalue weighted by molar-refractivity contribution is 4.85. The lowest BCUT2D eigenvalue weighted by Gasteiger charge is -2.35. The van der Waals surface area contributed by atoms with Crippen molar-refractivity contribution in [2.45, 2.75) is 31.9 Å². The number of hydrogen-bond acceptors (Lipinski definition) is 2. The number of alkyl halides is 1. The van der Waals surface area contributed by atoms with Crippen LogP contribution in [0.15, 0.2) is 0 Å². The van der Waals surface area contributed by atoms with Crippen molar-refractivity contribution in [3.63, 3.8) is 0 Å². The zero-order valence-corrected chi connectivity index (χ0v) is 8.68. The molecule has 0 aliphatic carbocycles. The minimum Gasteiger partial charge on any atom is -0.381 e. The van der Waals surface area contributed by atoms with Crippen molar-refractivity contribution >= 4 is 0 Å². The third-order valence-electron chi connectivity index (χ3n) is 2.70. The first kappa shape index (κ1) is 10.9. The zero-order chi connectivity index (χ0) is 9.73. The van der Waals surface area contributed by atoms with Gasteiger partial charge in [-0.3, -0.25) is 0 Å². The molecule has 0 aromatic rings. The first-order chi connectivity index (χ1) is 6.20. The van der Waals surface area contributed by atoms with E-state index in [2.05, 4.69) is 11.8 Å². The van der Waals surface area contributed by atoms with Gasteiger partial charge in [0.05, 0.1) is 6.61 Å². The third kappa shape index (κ3) is 3.24. The number of piperidine rings is 1. The Morgan fingerprint density at radius 3 is 2.46 bits per heavy atom. The Bertz CT molecular complexity index is 144. The molecule has 0 N–H and O–H groups in total. The van der Waals surface area contributed by atoms with Gasteiger partial charge in [-0.15, -0.1) is 0 Å². The van der Waals surface area contributed by atoms with E-state index in [1.165, 1.54) is 0 Å². The van der Waals surface area contributed by atoms with E-state index >= 15 is 0 Å². The summed E-state index contributed by atoms with van der Waals surface area (Å²) in [4.78, 5) is 2.33. The highest BCUT2D eigenvalue weighted by Crippen LogP contribution is 2.26. The van der Waals surface area contributed by atoms with Crippen LogP contribution in [-0.4, -0.2) is 43.9 Å². The van der Waals surface area contributed by atoms with E-state index in [-0.39, 0.29) is 6.61 Å². The van der Waals surface area contributed by atoms with Crippen molar-refractivity contribution in [3.8, 4) is 0 Å². The summed E-state index contributed by atoms with van der Waals surface area (Å²) in [6, 6.07) is 0. The third-order valence-corrected chi connectivity index (χ3v) is 2.70. The summed E-state index contributed by atoms with van der Waals surface area (Å²) in [5.41, 5.74) is -1.06. The smallest absolute Gasteiger partial charge is 0.136 e. The predicted octanol–water partition coefficient (Wildman–Crippen LogP) is 1.85. The first-order valence-corrected chi connectivity index (χ1v) is 5.10. The van der Waals surface area contributed by atoms with Crippen LogP contribution in [0, 0.1) is 0 Å². The van der Waals surface area contributed by atoms with Crippen LogP contribution < -0.4 is 0 Å². The molecule has 0 unspecified atom stereocenters. The van der Waals surface area contributed by atoms with E-state index in [0.29, 0.717) is 12.8 Å². The van der Waals surface area contributed by atoms with Gasteiger partial charge in [-0.2, -0.15) is 0 Å². The molecule has 3 heteroatoms. The van der Waals surface area contributed by atoms with Gasteiger partial charge in [0.1, 0.15) is 5.67 Å². The van der Waals surface area contributed by atoms with E-state index in [9.17, 15) is 4.39 Å². The second-order valence-corrected chi connectivity index (χ2v) is 3.93. The highest BCUT2D eigenvalue weighted by Gasteiger charge is 2.33. The molecule has 1 aliphatic rings. The number of nitrogens with zero attached hydrogens (tertiary/aromatic N) is 1. The summed E-state index contributed by atoms with van der Waals surface area (Å²) < 4.78 is 18.7. The van der Waals surface area contributed by atoms with Crippen LogP contribution in [0.2, 0.25) is 0 Å². The number of ether oxygens (including phenoxy) is 1. The fourth-order valence-electron chi connectivity index (χ4n) is 1.90. The summed E-state index contributed by atoms with van der Waals surface area (Å²) in [5.74, 6) is 0. The number of likely N-dealkylation sites (tertiary alicyclic amines) is 1. The first-order valence-electron chi connectivity index (χ1n) is 5.10. The highest BCUT2D eigenvalue weighted by atomic mass is 19.1. The van der Waals surface area contributed by atoms with E-state index in [1.807, 2.05) is 0 Å². The Labute approximate surface area is 80.1 Å². The van der Waals surface area contributed by atoms with Gasteiger partial charge in [0.25, 0.3) is 0 Å². The molecule has 1 heterocycles. The van der Waals surface area contributed by atoms with Gasteiger partial charge in [0.15, 0.2) is 0 Å². The summed E-state index contributed by atoms with van der Waals surface area (Å²) in [7, 11) is 1.57. The van der Waals surface area contributed by atoms with Gasteiger partial charge in [-0.25, -0.2) is 4.39 Å². The van der Waals surface area contributed by atoms with Crippen LogP contribution in [0.5, 0.6) is 0 Å². The molecule has 0 aromatic carbocycles. The molecule has 1 aliphatic heterocycles. The van der Waals surface area contributed by atoms with Crippen LogP contribution in [0.1, 0.15) is 26.2 Å². The van der Waals surface area contributed by atoms with Gasteiger partial charge in [0, 0.05) is 20.2 Å². The maximum absolute atomic E-state index is 13.8. The van der Waals surface area contributed by atoms with Gasteiger partial charge in [0.2, 0.25) is 0 Å². The molecule has 0 bridgehead atoms. The van der Waals surface area contributed by atoms with Crippen molar-refractivity contribution in [2.24, 2.45) is 0 Å². The second kappa shape index (κ2) is 4.91. The summed E-state index contributed by atoms with van der Waals surface area (Å²) >= 11 is 0. The summed E-state index contributed by atoms with van der Waals surface area (Å²) in [5, 5.41) is 0. The lowest BCUT2D eigenvalue weighted by atomic mass is 9.94. The van der Waals surface area contributed by atoms with Gasteiger partial charge in [-0.05, 0) is 25.8 Å². The van der Waals surface area contributed by atoms with Crippen molar-refractivity contribution in [1.82, 2.24) is 4.90 Å².